The van der Waals surface area contributed by atoms with Crippen LogP contribution < -0.4 is 5.73 Å². The number of nitrogens with zero attached hydrogens (tertiary/aromatic N) is 1. The largest absolute Gasteiger partial charge is 0.378 e. The Morgan fingerprint density at radius 1 is 1.83 bits per heavy atom. The maximum Gasteiger partial charge on any atom is 0.119 e. The highest BCUT2D eigenvalue weighted by atomic mass is 32.1. The van der Waals surface area contributed by atoms with Crippen molar-refractivity contribution in [3.8, 4) is 0 Å². The molecule has 0 atom stereocenters. The van der Waals surface area contributed by atoms with Crippen molar-refractivity contribution < 1.29 is 4.74 Å². The summed E-state index contributed by atoms with van der Waals surface area (Å²) in [7, 11) is 1.65. The molecule has 0 aromatic carbocycles. The minimum atomic E-state index is 0.455. The molecule has 0 aliphatic heterocycles. The first-order valence-electron chi connectivity index (χ1n) is 3.59. The SMILES string of the molecule is C=C(CN)c1csc(COC)n1. The quantitative estimate of drug-likeness (QED) is 0.766. The lowest BCUT2D eigenvalue weighted by Gasteiger charge is -1.95. The molecule has 0 saturated carbocycles. The Hall–Kier alpha value is -0.710. The molecule has 0 radical (unpaired) electrons. The van der Waals surface area contributed by atoms with Gasteiger partial charge in [0, 0.05) is 19.0 Å². The van der Waals surface area contributed by atoms with E-state index in [-0.39, 0.29) is 0 Å². The molecule has 3 nitrogen and oxygen atoms in total. The van der Waals surface area contributed by atoms with Crippen molar-refractivity contribution in [2.24, 2.45) is 5.73 Å². The minimum Gasteiger partial charge on any atom is -0.378 e. The van der Waals surface area contributed by atoms with E-state index in [0.29, 0.717) is 13.2 Å². The number of hydrogen-bond donors (Lipinski definition) is 1. The highest BCUT2D eigenvalue weighted by molar-refractivity contribution is 7.09. The van der Waals surface area contributed by atoms with Gasteiger partial charge in [-0.3, -0.25) is 0 Å². The second kappa shape index (κ2) is 4.35. The number of nitrogens with two attached hydrogens (primary N) is 1. The summed E-state index contributed by atoms with van der Waals surface area (Å²) in [4.78, 5) is 4.28. The first-order valence-corrected chi connectivity index (χ1v) is 4.47. The van der Waals surface area contributed by atoms with E-state index in [2.05, 4.69) is 11.6 Å². The Morgan fingerprint density at radius 3 is 3.17 bits per heavy atom. The van der Waals surface area contributed by atoms with E-state index in [4.69, 9.17) is 10.5 Å². The van der Waals surface area contributed by atoms with Gasteiger partial charge in [0.15, 0.2) is 0 Å². The van der Waals surface area contributed by atoms with E-state index >= 15 is 0 Å². The van der Waals surface area contributed by atoms with Crippen molar-refractivity contribution in [2.45, 2.75) is 6.61 Å². The van der Waals surface area contributed by atoms with Crippen LogP contribution in [0.2, 0.25) is 0 Å². The molecule has 0 aliphatic rings. The molecule has 0 spiro atoms. The fourth-order valence-corrected chi connectivity index (χ4v) is 1.57. The normalized spacial score (nSPS) is 10.2. The Labute approximate surface area is 75.9 Å². The fourth-order valence-electron chi connectivity index (χ4n) is 0.768. The summed E-state index contributed by atoms with van der Waals surface area (Å²) in [6, 6.07) is 0. The predicted octanol–water partition coefficient (Wildman–Crippen LogP) is 1.26. The molecule has 0 saturated heterocycles. The van der Waals surface area contributed by atoms with Gasteiger partial charge in [0.1, 0.15) is 5.01 Å². The highest BCUT2D eigenvalue weighted by Gasteiger charge is 2.02. The van der Waals surface area contributed by atoms with Crippen LogP contribution in [0.5, 0.6) is 0 Å². The Bertz CT molecular complexity index is 270. The molecule has 1 heterocycles. The number of rotatable bonds is 4. The molecule has 66 valence electrons. The van der Waals surface area contributed by atoms with Crippen LogP contribution >= 0.6 is 11.3 Å². The molecule has 12 heavy (non-hydrogen) atoms. The number of hydrogen-bond acceptors (Lipinski definition) is 4. The van der Waals surface area contributed by atoms with E-state index in [1.807, 2.05) is 5.38 Å². The second-order valence-corrected chi connectivity index (χ2v) is 3.31. The van der Waals surface area contributed by atoms with E-state index in [1.54, 1.807) is 18.4 Å². The van der Waals surface area contributed by atoms with Gasteiger partial charge in [-0.1, -0.05) is 6.58 Å². The molecular weight excluding hydrogens is 172 g/mol. The molecule has 2 N–H and O–H groups in total. The maximum absolute atomic E-state index is 5.42. The van der Waals surface area contributed by atoms with Crippen LogP contribution in [-0.2, 0) is 11.3 Å². The molecule has 1 rings (SSSR count). The van der Waals surface area contributed by atoms with Crippen LogP contribution in [-0.4, -0.2) is 18.6 Å². The van der Waals surface area contributed by atoms with Crippen LogP contribution in [0.1, 0.15) is 10.7 Å². The van der Waals surface area contributed by atoms with E-state index < -0.39 is 0 Å². The summed E-state index contributed by atoms with van der Waals surface area (Å²) in [6.45, 7) is 4.81. The van der Waals surface area contributed by atoms with Gasteiger partial charge in [0.05, 0.1) is 12.3 Å². The lowest BCUT2D eigenvalue weighted by molar-refractivity contribution is 0.184. The molecule has 0 aliphatic carbocycles. The van der Waals surface area contributed by atoms with E-state index in [9.17, 15) is 0 Å². The monoisotopic (exact) mass is 184 g/mol. The van der Waals surface area contributed by atoms with Crippen molar-refractivity contribution in [1.82, 2.24) is 4.98 Å². The van der Waals surface area contributed by atoms with Gasteiger partial charge >= 0.3 is 0 Å². The zero-order chi connectivity index (χ0) is 8.97. The van der Waals surface area contributed by atoms with Crippen LogP contribution in [0.3, 0.4) is 0 Å². The zero-order valence-electron chi connectivity index (χ0n) is 7.04. The van der Waals surface area contributed by atoms with Crippen LogP contribution in [0.25, 0.3) is 5.57 Å². The number of methoxy groups -OCH3 is 1. The Balaban J connectivity index is 2.70. The van der Waals surface area contributed by atoms with Crippen molar-refractivity contribution in [2.75, 3.05) is 13.7 Å². The number of aromatic nitrogens is 1. The van der Waals surface area contributed by atoms with Gasteiger partial charge in [0.25, 0.3) is 0 Å². The minimum absolute atomic E-state index is 0.455. The molecule has 0 fully saturated rings. The number of ether oxygens (including phenoxy) is 1. The molecule has 1 aromatic rings. The summed E-state index contributed by atoms with van der Waals surface area (Å²) in [6.07, 6.45) is 0. The van der Waals surface area contributed by atoms with Crippen molar-refractivity contribution in [3.05, 3.63) is 22.7 Å². The summed E-state index contributed by atoms with van der Waals surface area (Å²) in [5, 5.41) is 2.91. The third-order valence-electron chi connectivity index (χ3n) is 1.43. The van der Waals surface area contributed by atoms with E-state index in [0.717, 1.165) is 16.3 Å². The molecule has 0 unspecified atom stereocenters. The van der Waals surface area contributed by atoms with Crippen molar-refractivity contribution in [1.29, 1.82) is 0 Å². The Morgan fingerprint density at radius 2 is 2.58 bits per heavy atom. The average molecular weight is 184 g/mol. The van der Waals surface area contributed by atoms with Gasteiger partial charge in [-0.15, -0.1) is 11.3 Å². The third-order valence-corrected chi connectivity index (χ3v) is 2.25. The van der Waals surface area contributed by atoms with Gasteiger partial charge in [-0.25, -0.2) is 4.98 Å². The van der Waals surface area contributed by atoms with Crippen molar-refractivity contribution in [3.63, 3.8) is 0 Å². The Kier molecular flexibility index (Phi) is 3.40. The molecule has 0 bridgehead atoms. The maximum atomic E-state index is 5.42. The molecule has 4 heteroatoms. The zero-order valence-corrected chi connectivity index (χ0v) is 7.86. The molecular formula is C8H12N2OS. The predicted molar refractivity (Wildman–Crippen MR) is 50.9 cm³/mol. The standard InChI is InChI=1S/C8H12N2OS/c1-6(3-9)7-5-12-8(10-7)4-11-2/h5H,1,3-4,9H2,2H3. The smallest absolute Gasteiger partial charge is 0.119 e. The van der Waals surface area contributed by atoms with E-state index in [1.165, 1.54) is 0 Å². The lowest BCUT2D eigenvalue weighted by Crippen LogP contribution is -2.01. The first kappa shape index (κ1) is 9.38. The van der Waals surface area contributed by atoms with Crippen LogP contribution in [0, 0.1) is 0 Å². The fraction of sp³-hybridized carbons (Fsp3) is 0.375. The lowest BCUT2D eigenvalue weighted by atomic mass is 10.2. The molecule has 1 aromatic heterocycles. The van der Waals surface area contributed by atoms with Gasteiger partial charge in [-0.2, -0.15) is 0 Å². The molecule has 0 amide bonds. The number of thiazole rings is 1. The topological polar surface area (TPSA) is 48.1 Å². The summed E-state index contributed by atoms with van der Waals surface area (Å²) in [5.41, 5.74) is 7.17. The first-order chi connectivity index (χ1) is 5.77. The highest BCUT2D eigenvalue weighted by Crippen LogP contribution is 2.15. The van der Waals surface area contributed by atoms with Crippen LogP contribution in [0.15, 0.2) is 12.0 Å². The third kappa shape index (κ3) is 2.14. The van der Waals surface area contributed by atoms with Crippen molar-refractivity contribution >= 4 is 16.9 Å². The van der Waals surface area contributed by atoms with Gasteiger partial charge in [-0.05, 0) is 5.57 Å². The summed E-state index contributed by atoms with van der Waals surface area (Å²) in [5.74, 6) is 0. The second-order valence-electron chi connectivity index (χ2n) is 2.37. The average Bonchev–Trinajstić information content (AvgIpc) is 2.52. The summed E-state index contributed by atoms with van der Waals surface area (Å²) < 4.78 is 4.94. The van der Waals surface area contributed by atoms with Crippen LogP contribution in [0.4, 0.5) is 0 Å². The van der Waals surface area contributed by atoms with Gasteiger partial charge < -0.3 is 10.5 Å². The summed E-state index contributed by atoms with van der Waals surface area (Å²) >= 11 is 1.57. The van der Waals surface area contributed by atoms with Gasteiger partial charge in [0.2, 0.25) is 0 Å².